The Morgan fingerprint density at radius 2 is 1.02 bits per heavy atom. The molecule has 4 aromatic rings. The molecule has 4 heterocycles. The van der Waals surface area contributed by atoms with Gasteiger partial charge in [0.2, 0.25) is 0 Å². The molecule has 2 nitrogen and oxygen atoms in total. The largest absolute Gasteiger partial charge is 0.306 e. The molecule has 8 aliphatic carbocycles. The van der Waals surface area contributed by atoms with Crippen LogP contribution < -0.4 is 10.6 Å². The van der Waals surface area contributed by atoms with Crippen LogP contribution >= 0.6 is 56.9 Å². The smallest absolute Gasteiger partial charge is 0.0949 e. The van der Waals surface area contributed by atoms with Crippen LogP contribution in [0.25, 0.3) is 18.8 Å². The van der Waals surface area contributed by atoms with Crippen LogP contribution in [0.4, 0.5) is 0 Å². The first-order chi connectivity index (χ1) is 20.0. The van der Waals surface area contributed by atoms with Crippen LogP contribution in [-0.2, 0) is 13.1 Å². The molecule has 4 aromatic heterocycles. The van der Waals surface area contributed by atoms with Gasteiger partial charge in [-0.05, 0) is 142 Å². The van der Waals surface area contributed by atoms with Gasteiger partial charge in [-0.1, -0.05) is 19.0 Å². The standard InChI is InChI=1S/C17H20ClNS2.C17H21NS2.CH4/c18-16-5-15-14(21-16)4-13(20-15)9-19-17-6-10-1-11(7-17)3-12(2-10)8-17;1-2-19-16-6-14(20-15(1)16)10-18-17-7-11-3-12(8-17)5-13(4-11)9-17;/h4-5,10-12,19H,1-3,6-9H2;1-2,6,11-13,18H,3-5,7-10H2;1H4. The Kier molecular flexibility index (Phi) is 7.66. The normalized spacial score (nSPS) is 37.4. The Bertz CT molecular complexity index is 1430. The van der Waals surface area contributed by atoms with Crippen LogP contribution in [0.5, 0.6) is 0 Å². The molecule has 2 N–H and O–H groups in total. The molecular weight excluding hydrogens is 612 g/mol. The summed E-state index contributed by atoms with van der Waals surface area (Å²) in [5.41, 5.74) is 0.982. The SMILES string of the molecule is C.Clc1cc2sc(CNC34CC5CC(CC(C5)C3)C4)cc2s1.c1cc2sc(CNC34CC5CC(CC(C5)C3)C4)cc2s1. The molecule has 0 atom stereocenters. The van der Waals surface area contributed by atoms with Gasteiger partial charge >= 0.3 is 0 Å². The maximum atomic E-state index is 6.07. The van der Waals surface area contributed by atoms with Crippen molar-refractivity contribution < 1.29 is 0 Å². The van der Waals surface area contributed by atoms with Gasteiger partial charge in [0, 0.05) is 52.7 Å². The highest BCUT2D eigenvalue weighted by molar-refractivity contribution is 7.29. The Hall–Kier alpha value is -0.470. The molecule has 8 bridgehead atoms. The summed E-state index contributed by atoms with van der Waals surface area (Å²) >= 11 is 13.5. The highest BCUT2D eigenvalue weighted by Gasteiger charge is 2.51. The molecule has 0 saturated heterocycles. The highest BCUT2D eigenvalue weighted by atomic mass is 35.5. The second kappa shape index (κ2) is 11.1. The van der Waals surface area contributed by atoms with Gasteiger partial charge in [0.05, 0.1) is 4.34 Å². The quantitative estimate of drug-likeness (QED) is 0.216. The molecule has 8 aliphatic rings. The summed E-state index contributed by atoms with van der Waals surface area (Å²) in [6, 6.07) is 9.11. The van der Waals surface area contributed by atoms with Crippen LogP contribution in [0, 0.1) is 35.5 Å². The minimum absolute atomic E-state index is 0. The summed E-state index contributed by atoms with van der Waals surface area (Å²) in [6.45, 7) is 2.15. The fourth-order valence-corrected chi connectivity index (χ4v) is 15.6. The second-order valence-electron chi connectivity index (χ2n) is 15.0. The number of rotatable bonds is 6. The Morgan fingerprint density at radius 1 is 0.595 bits per heavy atom. The van der Waals surface area contributed by atoms with E-state index in [-0.39, 0.29) is 7.43 Å². The first-order valence-corrected chi connectivity index (χ1v) is 19.8. The summed E-state index contributed by atoms with van der Waals surface area (Å²) in [7, 11) is 0. The van der Waals surface area contributed by atoms with E-state index in [4.69, 9.17) is 11.6 Å². The van der Waals surface area contributed by atoms with Crippen molar-refractivity contribution in [2.45, 2.75) is 109 Å². The fraction of sp³-hybridized carbons (Fsp3) is 0.657. The van der Waals surface area contributed by atoms with Crippen molar-refractivity contribution in [3.8, 4) is 0 Å². The van der Waals surface area contributed by atoms with Crippen molar-refractivity contribution in [1.82, 2.24) is 10.6 Å². The second-order valence-corrected chi connectivity index (χ2v) is 20.0. The van der Waals surface area contributed by atoms with E-state index in [0.717, 1.165) is 52.9 Å². The van der Waals surface area contributed by atoms with Gasteiger partial charge < -0.3 is 10.6 Å². The van der Waals surface area contributed by atoms with Crippen molar-refractivity contribution >= 4 is 75.7 Å². The van der Waals surface area contributed by atoms with E-state index in [1.807, 2.05) is 34.0 Å². The Labute approximate surface area is 272 Å². The molecule has 0 aromatic carbocycles. The highest BCUT2D eigenvalue weighted by Crippen LogP contribution is 2.57. The number of hydrogen-bond donors (Lipinski definition) is 2. The molecule has 7 heteroatoms. The predicted molar refractivity (Wildman–Crippen MR) is 187 cm³/mol. The molecule has 0 amide bonds. The van der Waals surface area contributed by atoms with E-state index in [1.54, 1.807) is 11.3 Å². The lowest BCUT2D eigenvalue weighted by Crippen LogP contribution is -2.58. The maximum absolute atomic E-state index is 6.07. The van der Waals surface area contributed by atoms with Crippen LogP contribution in [-0.4, -0.2) is 11.1 Å². The zero-order valence-electron chi connectivity index (χ0n) is 23.8. The molecule has 8 fully saturated rings. The van der Waals surface area contributed by atoms with Gasteiger partial charge in [-0.3, -0.25) is 0 Å². The molecule has 12 rings (SSSR count). The molecule has 0 unspecified atom stereocenters. The van der Waals surface area contributed by atoms with E-state index in [9.17, 15) is 0 Å². The third-order valence-corrected chi connectivity index (χ3v) is 16.3. The lowest BCUT2D eigenvalue weighted by molar-refractivity contribution is -0.0206. The van der Waals surface area contributed by atoms with E-state index >= 15 is 0 Å². The molecule has 0 radical (unpaired) electrons. The zero-order chi connectivity index (χ0) is 27.2. The lowest BCUT2D eigenvalue weighted by Gasteiger charge is -2.57. The van der Waals surface area contributed by atoms with Crippen LogP contribution in [0.1, 0.15) is 94.2 Å². The first-order valence-electron chi connectivity index (χ1n) is 16.1. The zero-order valence-corrected chi connectivity index (χ0v) is 27.8. The number of nitrogens with one attached hydrogen (secondary N) is 2. The molecule has 0 spiro atoms. The minimum atomic E-state index is 0. The van der Waals surface area contributed by atoms with Gasteiger partial charge in [-0.25, -0.2) is 0 Å². The molecule has 0 aliphatic heterocycles. The van der Waals surface area contributed by atoms with Gasteiger partial charge in [0.25, 0.3) is 0 Å². The average Bonchev–Trinajstić information content (AvgIpc) is 3.66. The van der Waals surface area contributed by atoms with Crippen molar-refractivity contribution in [2.75, 3.05) is 0 Å². The van der Waals surface area contributed by atoms with E-state index < -0.39 is 0 Å². The number of fused-ring (bicyclic) bond motifs is 2. The number of thiophene rings is 4. The van der Waals surface area contributed by atoms with E-state index in [2.05, 4.69) is 40.3 Å². The predicted octanol–water partition coefficient (Wildman–Crippen LogP) is 11.3. The molecule has 226 valence electrons. The maximum Gasteiger partial charge on any atom is 0.0949 e. The van der Waals surface area contributed by atoms with Gasteiger partial charge in [-0.15, -0.1) is 45.3 Å². The van der Waals surface area contributed by atoms with Crippen LogP contribution in [0.15, 0.2) is 29.6 Å². The topological polar surface area (TPSA) is 24.1 Å². The monoisotopic (exact) mass is 656 g/mol. The number of halogens is 1. The van der Waals surface area contributed by atoms with Gasteiger partial charge in [-0.2, -0.15) is 0 Å². The summed E-state index contributed by atoms with van der Waals surface area (Å²) in [4.78, 5) is 3.01. The molecule has 8 saturated carbocycles. The summed E-state index contributed by atoms with van der Waals surface area (Å²) < 4.78 is 6.56. The van der Waals surface area contributed by atoms with Crippen molar-refractivity contribution in [3.63, 3.8) is 0 Å². The Balaban J connectivity index is 0.000000124. The summed E-state index contributed by atoms with van der Waals surface area (Å²) in [5, 5.41) is 10.2. The van der Waals surface area contributed by atoms with Crippen LogP contribution in [0.2, 0.25) is 4.34 Å². The third-order valence-electron chi connectivity index (χ3n) is 11.8. The van der Waals surface area contributed by atoms with Crippen molar-refractivity contribution in [3.05, 3.63) is 43.7 Å². The van der Waals surface area contributed by atoms with Crippen molar-refractivity contribution in [2.24, 2.45) is 35.5 Å². The first kappa shape index (κ1) is 29.0. The molecular formula is C35H45ClN2S4. The molecule has 42 heavy (non-hydrogen) atoms. The fourth-order valence-electron chi connectivity index (χ4n) is 11.0. The Morgan fingerprint density at radius 3 is 1.48 bits per heavy atom. The third kappa shape index (κ3) is 5.48. The van der Waals surface area contributed by atoms with E-state index in [1.165, 1.54) is 106 Å². The van der Waals surface area contributed by atoms with Crippen molar-refractivity contribution in [1.29, 1.82) is 0 Å². The van der Waals surface area contributed by atoms with Gasteiger partial charge in [0.15, 0.2) is 0 Å². The summed E-state index contributed by atoms with van der Waals surface area (Å²) in [6.07, 6.45) is 17.9. The van der Waals surface area contributed by atoms with Gasteiger partial charge in [0.1, 0.15) is 0 Å². The number of hydrogen-bond acceptors (Lipinski definition) is 6. The minimum Gasteiger partial charge on any atom is -0.306 e. The average molecular weight is 657 g/mol. The van der Waals surface area contributed by atoms with Crippen LogP contribution in [0.3, 0.4) is 0 Å². The lowest BCUT2D eigenvalue weighted by atomic mass is 9.53. The summed E-state index contributed by atoms with van der Waals surface area (Å²) in [5.74, 6) is 6.19. The van der Waals surface area contributed by atoms with E-state index in [0.29, 0.717) is 11.1 Å².